The molecule has 26 heavy (non-hydrogen) atoms. The van der Waals surface area contributed by atoms with Gasteiger partial charge in [0.2, 0.25) is 0 Å². The highest BCUT2D eigenvalue weighted by Crippen LogP contribution is 2.38. The van der Waals surface area contributed by atoms with Crippen molar-refractivity contribution in [1.29, 1.82) is 0 Å². The average Bonchev–Trinajstić information content (AvgIpc) is 3.24. The van der Waals surface area contributed by atoms with Crippen LogP contribution in [0.5, 0.6) is 5.75 Å². The van der Waals surface area contributed by atoms with Gasteiger partial charge in [0.05, 0.1) is 25.1 Å². The zero-order valence-electron chi connectivity index (χ0n) is 14.8. The van der Waals surface area contributed by atoms with E-state index in [0.29, 0.717) is 25.3 Å². The molecular formula is C19H21N3O4. The number of rotatable bonds is 7. The number of imidazole rings is 1. The van der Waals surface area contributed by atoms with E-state index in [-0.39, 0.29) is 11.4 Å². The van der Waals surface area contributed by atoms with E-state index < -0.39 is 17.7 Å². The van der Waals surface area contributed by atoms with Crippen LogP contribution in [-0.2, 0) is 16.1 Å². The molecule has 1 aliphatic heterocycles. The van der Waals surface area contributed by atoms with E-state index in [1.807, 2.05) is 10.8 Å². The van der Waals surface area contributed by atoms with Crippen LogP contribution in [0.25, 0.3) is 0 Å². The quantitative estimate of drug-likeness (QED) is 0.823. The Hall–Kier alpha value is -3.09. The fourth-order valence-corrected chi connectivity index (χ4v) is 3.22. The monoisotopic (exact) mass is 355 g/mol. The van der Waals surface area contributed by atoms with Gasteiger partial charge in [0.15, 0.2) is 11.5 Å². The molecule has 3 rings (SSSR count). The molecule has 0 spiro atoms. The molecule has 7 nitrogen and oxygen atoms in total. The number of carbonyl (C=O) groups is 2. The molecule has 1 aliphatic rings. The third-order valence-electron chi connectivity index (χ3n) is 4.49. The summed E-state index contributed by atoms with van der Waals surface area (Å²) in [5.41, 5.74) is 0.902. The van der Waals surface area contributed by atoms with Crippen LogP contribution < -0.4 is 4.74 Å². The summed E-state index contributed by atoms with van der Waals surface area (Å²) in [5, 5.41) is 10.2. The SMILES string of the molecule is COc1ccc([C@H]2C(C(C)=O)=C(O)C(=O)N2CCCn2ccnc2)cc1. The fraction of sp³-hybridized carbons (Fsp3) is 0.316. The summed E-state index contributed by atoms with van der Waals surface area (Å²) in [7, 11) is 1.57. The zero-order chi connectivity index (χ0) is 18.7. The predicted octanol–water partition coefficient (Wildman–Crippen LogP) is 2.27. The van der Waals surface area contributed by atoms with Gasteiger partial charge in [-0.2, -0.15) is 0 Å². The molecule has 1 aromatic heterocycles. The highest BCUT2D eigenvalue weighted by atomic mass is 16.5. The maximum Gasteiger partial charge on any atom is 0.290 e. The summed E-state index contributed by atoms with van der Waals surface area (Å²) in [4.78, 5) is 30.2. The van der Waals surface area contributed by atoms with E-state index in [1.54, 1.807) is 48.8 Å². The Balaban J connectivity index is 1.85. The molecule has 0 saturated heterocycles. The predicted molar refractivity (Wildman–Crippen MR) is 94.6 cm³/mol. The van der Waals surface area contributed by atoms with Gasteiger partial charge < -0.3 is 19.3 Å². The summed E-state index contributed by atoms with van der Waals surface area (Å²) in [5.74, 6) is -0.598. The Morgan fingerprint density at radius 1 is 1.27 bits per heavy atom. The molecule has 2 heterocycles. The number of hydrogen-bond donors (Lipinski definition) is 1. The molecule has 136 valence electrons. The van der Waals surface area contributed by atoms with Gasteiger partial charge >= 0.3 is 0 Å². The molecule has 2 aromatic rings. The number of aliphatic hydroxyl groups is 1. The van der Waals surface area contributed by atoms with Gasteiger partial charge in [0.1, 0.15) is 5.75 Å². The summed E-state index contributed by atoms with van der Waals surface area (Å²) in [6, 6.07) is 6.57. The number of amides is 1. The number of carbonyl (C=O) groups excluding carboxylic acids is 2. The normalized spacial score (nSPS) is 17.1. The second-order valence-corrected chi connectivity index (χ2v) is 6.15. The fourth-order valence-electron chi connectivity index (χ4n) is 3.22. The van der Waals surface area contributed by atoms with Crippen molar-refractivity contribution in [3.63, 3.8) is 0 Å². The topological polar surface area (TPSA) is 84.7 Å². The molecule has 0 bridgehead atoms. The lowest BCUT2D eigenvalue weighted by molar-refractivity contribution is -0.129. The van der Waals surface area contributed by atoms with Crippen LogP contribution in [0.4, 0.5) is 0 Å². The van der Waals surface area contributed by atoms with Crippen molar-refractivity contribution in [2.45, 2.75) is 25.9 Å². The number of aryl methyl sites for hydroxylation is 1. The third kappa shape index (κ3) is 3.33. The van der Waals surface area contributed by atoms with E-state index in [2.05, 4.69) is 4.98 Å². The van der Waals surface area contributed by atoms with Crippen molar-refractivity contribution < 1.29 is 19.4 Å². The molecule has 7 heteroatoms. The van der Waals surface area contributed by atoms with Crippen LogP contribution in [-0.4, -0.2) is 44.9 Å². The second-order valence-electron chi connectivity index (χ2n) is 6.15. The maximum atomic E-state index is 12.5. The van der Waals surface area contributed by atoms with Gasteiger partial charge in [0.25, 0.3) is 5.91 Å². The standard InChI is InChI=1S/C19H21N3O4/c1-13(23)16-17(14-4-6-15(26-2)7-5-14)22(19(25)18(16)24)10-3-9-21-11-8-20-12-21/h4-8,11-12,17,24H,3,9-10H2,1-2H3/t17-/m0/s1. The lowest BCUT2D eigenvalue weighted by Gasteiger charge is -2.26. The van der Waals surface area contributed by atoms with Crippen molar-refractivity contribution in [2.24, 2.45) is 0 Å². The largest absolute Gasteiger partial charge is 0.503 e. The van der Waals surface area contributed by atoms with Crippen molar-refractivity contribution in [1.82, 2.24) is 14.5 Å². The number of Topliss-reactive ketones (excluding diaryl/α,β-unsaturated/α-hetero) is 1. The van der Waals surface area contributed by atoms with E-state index in [9.17, 15) is 14.7 Å². The first kappa shape index (κ1) is 17.7. The molecule has 1 atom stereocenters. The molecular weight excluding hydrogens is 334 g/mol. The van der Waals surface area contributed by atoms with Crippen molar-refractivity contribution in [3.8, 4) is 5.75 Å². The molecule has 1 aromatic carbocycles. The number of nitrogens with zero attached hydrogens (tertiary/aromatic N) is 3. The first-order valence-electron chi connectivity index (χ1n) is 8.37. The first-order valence-corrected chi connectivity index (χ1v) is 8.37. The molecule has 0 saturated carbocycles. The lowest BCUT2D eigenvalue weighted by atomic mass is 9.96. The number of methoxy groups -OCH3 is 1. The zero-order valence-corrected chi connectivity index (χ0v) is 14.8. The number of benzene rings is 1. The number of ether oxygens (including phenoxy) is 1. The van der Waals surface area contributed by atoms with Crippen LogP contribution in [0.1, 0.15) is 24.9 Å². The highest BCUT2D eigenvalue weighted by molar-refractivity contribution is 6.08. The number of aliphatic hydroxyl groups excluding tert-OH is 1. The maximum absolute atomic E-state index is 12.5. The Morgan fingerprint density at radius 2 is 2.00 bits per heavy atom. The second kappa shape index (κ2) is 7.43. The molecule has 0 unspecified atom stereocenters. The van der Waals surface area contributed by atoms with Crippen LogP contribution in [0.3, 0.4) is 0 Å². The van der Waals surface area contributed by atoms with Crippen LogP contribution in [0.2, 0.25) is 0 Å². The number of hydrogen-bond acceptors (Lipinski definition) is 5. The van der Waals surface area contributed by atoms with E-state index >= 15 is 0 Å². The first-order chi connectivity index (χ1) is 12.5. The lowest BCUT2D eigenvalue weighted by Crippen LogP contribution is -2.32. The molecule has 1 N–H and O–H groups in total. The van der Waals surface area contributed by atoms with Crippen LogP contribution >= 0.6 is 0 Å². The molecule has 0 radical (unpaired) electrons. The summed E-state index contributed by atoms with van der Waals surface area (Å²) >= 11 is 0. The van der Waals surface area contributed by atoms with Crippen LogP contribution in [0, 0.1) is 0 Å². The average molecular weight is 355 g/mol. The van der Waals surface area contributed by atoms with Gasteiger partial charge in [-0.05, 0) is 31.0 Å². The Kier molecular flexibility index (Phi) is 5.06. The van der Waals surface area contributed by atoms with E-state index in [1.165, 1.54) is 6.92 Å². The Bertz CT molecular complexity index is 825. The van der Waals surface area contributed by atoms with Gasteiger partial charge in [-0.15, -0.1) is 0 Å². The third-order valence-corrected chi connectivity index (χ3v) is 4.49. The Morgan fingerprint density at radius 3 is 2.58 bits per heavy atom. The molecule has 1 amide bonds. The number of aromatic nitrogens is 2. The van der Waals surface area contributed by atoms with Crippen molar-refractivity contribution in [3.05, 3.63) is 59.9 Å². The van der Waals surface area contributed by atoms with Crippen molar-refractivity contribution in [2.75, 3.05) is 13.7 Å². The summed E-state index contributed by atoms with van der Waals surface area (Å²) < 4.78 is 7.08. The minimum absolute atomic E-state index is 0.141. The summed E-state index contributed by atoms with van der Waals surface area (Å²) in [6.45, 7) is 2.47. The Labute approximate surface area is 151 Å². The van der Waals surface area contributed by atoms with Crippen LogP contribution in [0.15, 0.2) is 54.3 Å². The van der Waals surface area contributed by atoms with E-state index in [0.717, 1.165) is 5.56 Å². The molecule has 0 aliphatic carbocycles. The van der Waals surface area contributed by atoms with Gasteiger partial charge in [-0.25, -0.2) is 4.98 Å². The minimum Gasteiger partial charge on any atom is -0.503 e. The van der Waals surface area contributed by atoms with Gasteiger partial charge in [-0.1, -0.05) is 12.1 Å². The van der Waals surface area contributed by atoms with Gasteiger partial charge in [-0.3, -0.25) is 9.59 Å². The minimum atomic E-state index is -0.589. The highest BCUT2D eigenvalue weighted by Gasteiger charge is 2.41. The molecule has 0 fully saturated rings. The van der Waals surface area contributed by atoms with Crippen molar-refractivity contribution >= 4 is 11.7 Å². The number of ketones is 1. The smallest absolute Gasteiger partial charge is 0.290 e. The summed E-state index contributed by atoms with van der Waals surface area (Å²) in [6.07, 6.45) is 5.93. The van der Waals surface area contributed by atoms with Gasteiger partial charge in [0, 0.05) is 25.5 Å². The van der Waals surface area contributed by atoms with E-state index in [4.69, 9.17) is 4.74 Å².